The minimum atomic E-state index is 0.689. The van der Waals surface area contributed by atoms with Gasteiger partial charge in [0.2, 0.25) is 0 Å². The van der Waals surface area contributed by atoms with Gasteiger partial charge in [-0.05, 0) is 45.7 Å². The monoisotopic (exact) mass is 242 g/mol. The van der Waals surface area contributed by atoms with E-state index < -0.39 is 0 Å². The Morgan fingerprint density at radius 1 is 1.29 bits per heavy atom. The van der Waals surface area contributed by atoms with E-state index in [-0.39, 0.29) is 0 Å². The third kappa shape index (κ3) is 4.57. The summed E-state index contributed by atoms with van der Waals surface area (Å²) in [5, 5.41) is 3.61. The predicted octanol–water partition coefficient (Wildman–Crippen LogP) is 2.12. The van der Waals surface area contributed by atoms with Gasteiger partial charge in [-0.2, -0.15) is 0 Å². The number of hydrogen-bond acceptors (Lipinski definition) is 3. The van der Waals surface area contributed by atoms with Gasteiger partial charge in [-0.3, -0.25) is 0 Å². The van der Waals surface area contributed by atoms with Crippen LogP contribution in [0.3, 0.4) is 0 Å². The van der Waals surface area contributed by atoms with E-state index in [1.807, 2.05) is 0 Å². The van der Waals surface area contributed by atoms with Crippen LogP contribution < -0.4 is 5.32 Å². The van der Waals surface area contributed by atoms with Crippen molar-refractivity contribution in [3.63, 3.8) is 0 Å². The number of rotatable bonds is 7. The van der Waals surface area contributed by atoms with Gasteiger partial charge in [-0.15, -0.1) is 0 Å². The lowest BCUT2D eigenvalue weighted by Gasteiger charge is -2.43. The van der Waals surface area contributed by atoms with Crippen molar-refractivity contribution in [1.82, 2.24) is 10.2 Å². The van der Waals surface area contributed by atoms with Crippen molar-refractivity contribution in [2.24, 2.45) is 5.92 Å². The van der Waals surface area contributed by atoms with Gasteiger partial charge in [0.05, 0.1) is 0 Å². The Labute approximate surface area is 107 Å². The molecular weight excluding hydrogens is 212 g/mol. The van der Waals surface area contributed by atoms with Crippen molar-refractivity contribution in [3.05, 3.63) is 0 Å². The van der Waals surface area contributed by atoms with Crippen molar-refractivity contribution >= 4 is 0 Å². The molecule has 1 fully saturated rings. The lowest BCUT2D eigenvalue weighted by molar-refractivity contribution is 0.0696. The molecule has 102 valence electrons. The molecule has 0 bridgehead atoms. The summed E-state index contributed by atoms with van der Waals surface area (Å²) in [5.41, 5.74) is 0. The molecule has 3 heteroatoms. The van der Waals surface area contributed by atoms with Crippen molar-refractivity contribution in [3.8, 4) is 0 Å². The third-order valence-corrected chi connectivity index (χ3v) is 4.10. The Bertz CT molecular complexity index is 197. The van der Waals surface area contributed by atoms with Crippen LogP contribution in [0.1, 0.15) is 40.5 Å². The van der Waals surface area contributed by atoms with Crippen LogP contribution in [-0.4, -0.2) is 49.8 Å². The van der Waals surface area contributed by atoms with E-state index >= 15 is 0 Å². The highest BCUT2D eigenvalue weighted by atomic mass is 16.5. The van der Waals surface area contributed by atoms with Gasteiger partial charge in [0.1, 0.15) is 0 Å². The summed E-state index contributed by atoms with van der Waals surface area (Å²) in [6.45, 7) is 14.3. The zero-order chi connectivity index (χ0) is 12.7. The summed E-state index contributed by atoms with van der Waals surface area (Å²) in [5.74, 6) is 0.746. The molecule has 1 N–H and O–H groups in total. The maximum atomic E-state index is 5.41. The molecule has 17 heavy (non-hydrogen) atoms. The van der Waals surface area contributed by atoms with Crippen LogP contribution in [0.15, 0.2) is 0 Å². The number of nitrogens with one attached hydrogen (secondary N) is 1. The summed E-state index contributed by atoms with van der Waals surface area (Å²) in [6, 6.07) is 1.40. The molecule has 1 aliphatic rings. The highest BCUT2D eigenvalue weighted by Gasteiger charge is 2.31. The van der Waals surface area contributed by atoms with E-state index in [4.69, 9.17) is 4.74 Å². The Balaban J connectivity index is 2.29. The van der Waals surface area contributed by atoms with E-state index in [0.717, 1.165) is 32.1 Å². The first-order chi connectivity index (χ1) is 8.20. The fourth-order valence-electron chi connectivity index (χ4n) is 2.82. The van der Waals surface area contributed by atoms with E-state index in [9.17, 15) is 0 Å². The second-order valence-corrected chi connectivity index (χ2v) is 5.14. The SMILES string of the molecule is CCNC1CCN(CCCOCC)C(C)C1C. The number of likely N-dealkylation sites (tertiary alicyclic amines) is 1. The normalized spacial score (nSPS) is 30.7. The first-order valence-corrected chi connectivity index (χ1v) is 7.25. The molecule has 1 rings (SSSR count). The van der Waals surface area contributed by atoms with Gasteiger partial charge >= 0.3 is 0 Å². The number of piperidine rings is 1. The van der Waals surface area contributed by atoms with Gasteiger partial charge in [-0.1, -0.05) is 13.8 Å². The molecule has 3 nitrogen and oxygen atoms in total. The number of hydrogen-bond donors (Lipinski definition) is 1. The Kier molecular flexibility index (Phi) is 7.09. The largest absolute Gasteiger partial charge is 0.382 e. The number of nitrogens with zero attached hydrogens (tertiary/aromatic N) is 1. The second kappa shape index (κ2) is 8.06. The van der Waals surface area contributed by atoms with Gasteiger partial charge in [0.15, 0.2) is 0 Å². The van der Waals surface area contributed by atoms with Crippen LogP contribution >= 0.6 is 0 Å². The van der Waals surface area contributed by atoms with Crippen molar-refractivity contribution < 1.29 is 4.74 Å². The molecule has 3 unspecified atom stereocenters. The van der Waals surface area contributed by atoms with Crippen LogP contribution in [0.4, 0.5) is 0 Å². The molecule has 0 saturated carbocycles. The fraction of sp³-hybridized carbons (Fsp3) is 1.00. The first kappa shape index (κ1) is 14.9. The maximum absolute atomic E-state index is 5.41. The lowest BCUT2D eigenvalue weighted by Crippen LogP contribution is -2.53. The summed E-state index contributed by atoms with van der Waals surface area (Å²) in [4.78, 5) is 2.62. The Morgan fingerprint density at radius 2 is 2.06 bits per heavy atom. The highest BCUT2D eigenvalue weighted by Crippen LogP contribution is 2.23. The van der Waals surface area contributed by atoms with E-state index in [0.29, 0.717) is 12.1 Å². The van der Waals surface area contributed by atoms with Crippen LogP contribution in [0, 0.1) is 5.92 Å². The number of ether oxygens (including phenoxy) is 1. The predicted molar refractivity (Wildman–Crippen MR) is 73.4 cm³/mol. The van der Waals surface area contributed by atoms with Gasteiger partial charge in [-0.25, -0.2) is 0 Å². The lowest BCUT2D eigenvalue weighted by atomic mass is 9.87. The Hall–Kier alpha value is -0.120. The molecule has 0 spiro atoms. The van der Waals surface area contributed by atoms with Crippen LogP contribution in [0.25, 0.3) is 0 Å². The van der Waals surface area contributed by atoms with Crippen molar-refractivity contribution in [2.45, 2.75) is 52.6 Å². The van der Waals surface area contributed by atoms with Crippen LogP contribution in [-0.2, 0) is 4.74 Å². The van der Waals surface area contributed by atoms with Crippen LogP contribution in [0.5, 0.6) is 0 Å². The topological polar surface area (TPSA) is 24.5 Å². The summed E-state index contributed by atoms with van der Waals surface area (Å²) in [7, 11) is 0. The zero-order valence-electron chi connectivity index (χ0n) is 12.0. The first-order valence-electron chi connectivity index (χ1n) is 7.25. The molecule has 0 radical (unpaired) electrons. The maximum Gasteiger partial charge on any atom is 0.0478 e. The molecule has 3 atom stereocenters. The molecule has 0 aliphatic carbocycles. The molecule has 0 amide bonds. The van der Waals surface area contributed by atoms with Crippen LogP contribution in [0.2, 0.25) is 0 Å². The minimum Gasteiger partial charge on any atom is -0.382 e. The average Bonchev–Trinajstić information content (AvgIpc) is 2.33. The van der Waals surface area contributed by atoms with Crippen molar-refractivity contribution in [1.29, 1.82) is 0 Å². The molecule has 0 aromatic carbocycles. The average molecular weight is 242 g/mol. The summed E-state index contributed by atoms with van der Waals surface area (Å²) < 4.78 is 5.41. The fourth-order valence-corrected chi connectivity index (χ4v) is 2.82. The quantitative estimate of drug-likeness (QED) is 0.692. The van der Waals surface area contributed by atoms with Gasteiger partial charge < -0.3 is 15.0 Å². The summed E-state index contributed by atoms with van der Waals surface area (Å²) in [6.07, 6.45) is 2.45. The summed E-state index contributed by atoms with van der Waals surface area (Å²) >= 11 is 0. The standard InChI is InChI=1S/C14H30N2O/c1-5-15-14-8-10-16(13(4)12(14)3)9-7-11-17-6-2/h12-15H,5-11H2,1-4H3. The molecule has 1 aliphatic heterocycles. The van der Waals surface area contributed by atoms with Gasteiger partial charge in [0, 0.05) is 31.8 Å². The molecule has 1 heterocycles. The van der Waals surface area contributed by atoms with Crippen molar-refractivity contribution in [2.75, 3.05) is 32.8 Å². The second-order valence-electron chi connectivity index (χ2n) is 5.14. The molecule has 0 aromatic heterocycles. The molecular formula is C14H30N2O. The van der Waals surface area contributed by atoms with E-state index in [1.165, 1.54) is 19.5 Å². The van der Waals surface area contributed by atoms with E-state index in [2.05, 4.69) is 37.9 Å². The molecule has 0 aromatic rings. The third-order valence-electron chi connectivity index (χ3n) is 4.10. The Morgan fingerprint density at radius 3 is 2.71 bits per heavy atom. The van der Waals surface area contributed by atoms with Gasteiger partial charge in [0.25, 0.3) is 0 Å². The minimum absolute atomic E-state index is 0.689. The molecule has 1 saturated heterocycles. The zero-order valence-corrected chi connectivity index (χ0v) is 12.0. The smallest absolute Gasteiger partial charge is 0.0478 e. The highest BCUT2D eigenvalue weighted by molar-refractivity contribution is 4.88. The van der Waals surface area contributed by atoms with E-state index in [1.54, 1.807) is 0 Å².